The van der Waals surface area contributed by atoms with E-state index in [-0.39, 0.29) is 18.3 Å². The van der Waals surface area contributed by atoms with Crippen LogP contribution in [0.15, 0.2) is 72.8 Å². The summed E-state index contributed by atoms with van der Waals surface area (Å²) < 4.78 is 13.8. The standard InChI is InChI=1S/C16H18BClO2S.C10H8BClO2S/c1-15(2)16(3,4)20-17(19-15)14-10-9-13(21-14)11-5-7-12(18)8-6-11;12-8-3-1-7(2-4-8)9-5-6-10(15-9)11(13)14/h5-10H,1-4H3;1-6,13-14H. The first-order chi connectivity index (χ1) is 16.9. The van der Waals surface area contributed by atoms with E-state index in [9.17, 15) is 0 Å². The predicted molar refractivity (Wildman–Crippen MR) is 155 cm³/mol. The van der Waals surface area contributed by atoms with Gasteiger partial charge in [-0.05, 0) is 75.2 Å². The zero-order chi connectivity index (χ0) is 26.1. The molecule has 5 rings (SSSR count). The van der Waals surface area contributed by atoms with Crippen LogP contribution in [0.25, 0.3) is 20.9 Å². The normalized spacial score (nSPS) is 15.9. The second-order valence-corrected chi connectivity index (χ2v) is 12.5. The van der Waals surface area contributed by atoms with E-state index in [1.807, 2.05) is 54.6 Å². The lowest BCUT2D eigenvalue weighted by atomic mass is 9.88. The average molecular weight is 559 g/mol. The molecule has 10 heteroatoms. The van der Waals surface area contributed by atoms with E-state index >= 15 is 0 Å². The Kier molecular flexibility index (Phi) is 8.39. The molecule has 3 heterocycles. The van der Waals surface area contributed by atoms with Crippen molar-refractivity contribution in [3.63, 3.8) is 0 Å². The third kappa shape index (κ3) is 6.26. The SMILES string of the molecule is CC1(C)OB(c2ccc(-c3ccc(Cl)cc3)s2)OC1(C)C.OB(O)c1ccc(-c2ccc(Cl)cc2)s1. The largest absolute Gasteiger partial charge is 0.505 e. The van der Waals surface area contributed by atoms with Gasteiger partial charge in [0.05, 0.1) is 11.2 Å². The first-order valence-corrected chi connectivity index (χ1v) is 13.8. The summed E-state index contributed by atoms with van der Waals surface area (Å²) in [6.07, 6.45) is 0. The zero-order valence-corrected chi connectivity index (χ0v) is 23.5. The van der Waals surface area contributed by atoms with E-state index in [2.05, 4.69) is 39.8 Å². The van der Waals surface area contributed by atoms with Crippen LogP contribution in [0.3, 0.4) is 0 Å². The third-order valence-electron chi connectivity index (χ3n) is 6.25. The van der Waals surface area contributed by atoms with Gasteiger partial charge in [0.2, 0.25) is 0 Å². The molecule has 0 unspecified atom stereocenters. The van der Waals surface area contributed by atoms with E-state index in [1.165, 1.54) is 16.2 Å². The number of rotatable bonds is 4. The molecule has 2 aromatic carbocycles. The summed E-state index contributed by atoms with van der Waals surface area (Å²) in [5, 5.41) is 19.4. The van der Waals surface area contributed by atoms with E-state index in [0.29, 0.717) is 9.80 Å². The van der Waals surface area contributed by atoms with E-state index < -0.39 is 7.12 Å². The van der Waals surface area contributed by atoms with Crippen molar-refractivity contribution in [3.8, 4) is 20.9 Å². The Morgan fingerprint density at radius 1 is 0.667 bits per heavy atom. The second kappa shape index (κ2) is 11.0. The number of hydrogen-bond donors (Lipinski definition) is 2. The van der Waals surface area contributed by atoms with Crippen LogP contribution >= 0.6 is 45.9 Å². The van der Waals surface area contributed by atoms with Gasteiger partial charge in [-0.3, -0.25) is 0 Å². The van der Waals surface area contributed by atoms with Crippen LogP contribution in [0.5, 0.6) is 0 Å². The first kappa shape index (κ1) is 27.4. The van der Waals surface area contributed by atoms with Crippen LogP contribution < -0.4 is 9.55 Å². The van der Waals surface area contributed by atoms with Crippen molar-refractivity contribution in [2.24, 2.45) is 0 Å². The lowest BCUT2D eigenvalue weighted by Crippen LogP contribution is -2.41. The maximum Gasteiger partial charge on any atom is 0.505 e. The molecule has 0 atom stereocenters. The molecule has 186 valence electrons. The summed E-state index contributed by atoms with van der Waals surface area (Å²) in [5.74, 6) is 0. The fourth-order valence-corrected chi connectivity index (χ4v) is 5.58. The van der Waals surface area contributed by atoms with Gasteiger partial charge in [0, 0.05) is 29.4 Å². The van der Waals surface area contributed by atoms with Crippen molar-refractivity contribution in [2.75, 3.05) is 0 Å². The Morgan fingerprint density at radius 3 is 1.56 bits per heavy atom. The molecule has 1 aliphatic rings. The van der Waals surface area contributed by atoms with Gasteiger partial charge in [-0.2, -0.15) is 0 Å². The lowest BCUT2D eigenvalue weighted by molar-refractivity contribution is 0.00578. The molecule has 0 amide bonds. The van der Waals surface area contributed by atoms with Crippen LogP contribution in [0.4, 0.5) is 0 Å². The van der Waals surface area contributed by atoms with E-state index in [1.54, 1.807) is 17.4 Å². The summed E-state index contributed by atoms with van der Waals surface area (Å²) in [4.78, 5) is 2.19. The molecule has 2 N–H and O–H groups in total. The van der Waals surface area contributed by atoms with Crippen molar-refractivity contribution >= 4 is 69.7 Å². The lowest BCUT2D eigenvalue weighted by Gasteiger charge is -2.32. The van der Waals surface area contributed by atoms with Crippen LogP contribution in [0, 0.1) is 0 Å². The molecule has 1 aliphatic heterocycles. The maximum absolute atomic E-state index is 8.97. The number of hydrogen-bond acceptors (Lipinski definition) is 6. The Bertz CT molecular complexity index is 1290. The number of benzene rings is 2. The van der Waals surface area contributed by atoms with Gasteiger partial charge in [0.25, 0.3) is 0 Å². The summed E-state index contributed by atoms with van der Waals surface area (Å²) in [6.45, 7) is 8.28. The van der Waals surface area contributed by atoms with Crippen LogP contribution in [0.2, 0.25) is 10.0 Å². The zero-order valence-electron chi connectivity index (χ0n) is 20.4. The van der Waals surface area contributed by atoms with Crippen molar-refractivity contribution in [1.82, 2.24) is 0 Å². The van der Waals surface area contributed by atoms with E-state index in [4.69, 9.17) is 42.6 Å². The molecule has 2 aromatic heterocycles. The molecule has 0 aliphatic carbocycles. The van der Waals surface area contributed by atoms with Gasteiger partial charge in [-0.1, -0.05) is 59.6 Å². The topological polar surface area (TPSA) is 58.9 Å². The van der Waals surface area contributed by atoms with E-state index in [0.717, 1.165) is 25.8 Å². The van der Waals surface area contributed by atoms with Crippen LogP contribution in [0.1, 0.15) is 27.7 Å². The van der Waals surface area contributed by atoms with Crippen LogP contribution in [-0.2, 0) is 9.31 Å². The van der Waals surface area contributed by atoms with Gasteiger partial charge in [0.15, 0.2) is 0 Å². The fraction of sp³-hybridized carbons (Fsp3) is 0.231. The minimum absolute atomic E-state index is 0.291. The highest BCUT2D eigenvalue weighted by molar-refractivity contribution is 7.25. The predicted octanol–water partition coefficient (Wildman–Crippen LogP) is 6.12. The summed E-state index contributed by atoms with van der Waals surface area (Å²) in [6, 6.07) is 23.1. The van der Waals surface area contributed by atoms with Crippen LogP contribution in [-0.4, -0.2) is 35.5 Å². The number of halogens is 2. The number of thiophene rings is 2. The van der Waals surface area contributed by atoms with Crippen molar-refractivity contribution < 1.29 is 19.4 Å². The van der Waals surface area contributed by atoms with Crippen molar-refractivity contribution in [2.45, 2.75) is 38.9 Å². The molecule has 1 fully saturated rings. The Hall–Kier alpha value is -1.61. The molecular formula is C26H26B2Cl2O4S2. The molecule has 4 aromatic rings. The highest BCUT2D eigenvalue weighted by atomic mass is 35.5. The molecular weight excluding hydrogens is 533 g/mol. The minimum Gasteiger partial charge on any atom is -0.423 e. The third-order valence-corrected chi connectivity index (χ3v) is 9.09. The molecule has 36 heavy (non-hydrogen) atoms. The molecule has 0 radical (unpaired) electrons. The van der Waals surface area contributed by atoms with Crippen molar-refractivity contribution in [1.29, 1.82) is 0 Å². The first-order valence-electron chi connectivity index (χ1n) is 11.4. The smallest absolute Gasteiger partial charge is 0.423 e. The van der Waals surface area contributed by atoms with Gasteiger partial charge in [0.1, 0.15) is 0 Å². The maximum atomic E-state index is 8.97. The molecule has 1 saturated heterocycles. The summed E-state index contributed by atoms with van der Waals surface area (Å²) >= 11 is 14.8. The highest BCUT2D eigenvalue weighted by Crippen LogP contribution is 2.37. The van der Waals surface area contributed by atoms with Gasteiger partial charge >= 0.3 is 14.2 Å². The Balaban J connectivity index is 0.000000179. The minimum atomic E-state index is -1.39. The highest BCUT2D eigenvalue weighted by Gasteiger charge is 2.52. The summed E-state index contributed by atoms with van der Waals surface area (Å²) in [7, 11) is -1.68. The molecule has 4 nitrogen and oxygen atoms in total. The molecule has 0 saturated carbocycles. The van der Waals surface area contributed by atoms with Gasteiger partial charge < -0.3 is 19.4 Å². The summed E-state index contributed by atoms with van der Waals surface area (Å²) in [5.41, 5.74) is 1.58. The van der Waals surface area contributed by atoms with Gasteiger partial charge in [-0.15, -0.1) is 22.7 Å². The molecule has 0 spiro atoms. The average Bonchev–Trinajstić information content (AvgIpc) is 3.54. The monoisotopic (exact) mass is 558 g/mol. The Labute approximate surface area is 230 Å². The van der Waals surface area contributed by atoms with Gasteiger partial charge in [-0.25, -0.2) is 0 Å². The molecule has 0 bridgehead atoms. The quantitative estimate of drug-likeness (QED) is 0.296. The second-order valence-electron chi connectivity index (χ2n) is 9.38. The fourth-order valence-electron chi connectivity index (χ4n) is 3.47. The van der Waals surface area contributed by atoms with Crippen molar-refractivity contribution in [3.05, 3.63) is 82.8 Å². The Morgan fingerprint density at radius 2 is 1.11 bits per heavy atom.